The van der Waals surface area contributed by atoms with Crippen LogP contribution in [-0.2, 0) is 0 Å². The van der Waals surface area contributed by atoms with E-state index >= 15 is 0 Å². The van der Waals surface area contributed by atoms with Gasteiger partial charge in [0.2, 0.25) is 0 Å². The topological polar surface area (TPSA) is 69.7 Å². The van der Waals surface area contributed by atoms with Gasteiger partial charge >= 0.3 is 0 Å². The van der Waals surface area contributed by atoms with Gasteiger partial charge in [0.25, 0.3) is 17.7 Å². The summed E-state index contributed by atoms with van der Waals surface area (Å²) in [5.74, 6) is -0.733. The van der Waals surface area contributed by atoms with Gasteiger partial charge in [-0.05, 0) is 43.9 Å². The summed E-state index contributed by atoms with van der Waals surface area (Å²) in [5, 5.41) is 3.58. The highest BCUT2D eigenvalue weighted by atomic mass is 16.2. The Hall–Kier alpha value is -2.21. The number of imide groups is 1. The molecular formula is C18H21N3O3. The Bertz CT molecular complexity index is 733. The number of carbonyl (C=O) groups excluding carboxylic acids is 3. The molecule has 3 amide bonds. The van der Waals surface area contributed by atoms with Crippen LogP contribution in [0.25, 0.3) is 0 Å². The number of carbonyl (C=O) groups is 3. The van der Waals surface area contributed by atoms with Crippen LogP contribution in [0.4, 0.5) is 0 Å². The van der Waals surface area contributed by atoms with Gasteiger partial charge in [0.05, 0.1) is 11.1 Å². The first-order chi connectivity index (χ1) is 11.5. The fraction of sp³-hybridized carbons (Fsp3) is 0.500. The Morgan fingerprint density at radius 1 is 1.12 bits per heavy atom. The van der Waals surface area contributed by atoms with Crippen molar-refractivity contribution in [3.63, 3.8) is 0 Å². The second kappa shape index (κ2) is 5.41. The summed E-state index contributed by atoms with van der Waals surface area (Å²) in [6.07, 6.45) is 4.32. The lowest BCUT2D eigenvalue weighted by Gasteiger charge is -2.35. The zero-order chi connectivity index (χ0) is 17.0. The largest absolute Gasteiger partial charge is 0.339 e. The summed E-state index contributed by atoms with van der Waals surface area (Å²) in [7, 11) is 3.30. The van der Waals surface area contributed by atoms with Gasteiger partial charge in [-0.15, -0.1) is 0 Å². The van der Waals surface area contributed by atoms with Gasteiger partial charge in [-0.2, -0.15) is 0 Å². The standard InChI is InChI=1S/C18H21N3O3/c1-20(13-8-11-4-5-12(9-13)19-11)16(22)10-3-6-14-15(7-10)18(24)21(2)17(14)23/h3,6-7,11-13,19H,4-5,8-9H2,1-2H3. The van der Waals surface area contributed by atoms with E-state index < -0.39 is 0 Å². The van der Waals surface area contributed by atoms with Crippen molar-refractivity contribution in [3.8, 4) is 0 Å². The number of hydrogen-bond donors (Lipinski definition) is 1. The molecule has 1 aromatic carbocycles. The zero-order valence-corrected chi connectivity index (χ0v) is 13.9. The Balaban J connectivity index is 1.57. The molecule has 0 spiro atoms. The number of piperidine rings is 1. The zero-order valence-electron chi connectivity index (χ0n) is 13.9. The lowest BCUT2D eigenvalue weighted by Crippen LogP contribution is -2.48. The summed E-state index contributed by atoms with van der Waals surface area (Å²) in [6.45, 7) is 0. The molecule has 4 rings (SSSR count). The Morgan fingerprint density at radius 2 is 1.75 bits per heavy atom. The van der Waals surface area contributed by atoms with Gasteiger partial charge in [-0.25, -0.2) is 0 Å². The van der Waals surface area contributed by atoms with Crippen LogP contribution in [-0.4, -0.2) is 59.7 Å². The van der Waals surface area contributed by atoms with E-state index in [1.807, 2.05) is 7.05 Å². The molecular weight excluding hydrogens is 306 g/mol. The third-order valence-electron chi connectivity index (χ3n) is 5.65. The maximum absolute atomic E-state index is 12.8. The monoisotopic (exact) mass is 327 g/mol. The smallest absolute Gasteiger partial charge is 0.261 e. The summed E-state index contributed by atoms with van der Waals surface area (Å²) in [5.41, 5.74) is 1.17. The molecule has 2 unspecified atom stereocenters. The first kappa shape index (κ1) is 15.3. The molecule has 6 heteroatoms. The molecule has 1 aromatic rings. The van der Waals surface area contributed by atoms with E-state index in [1.54, 1.807) is 23.1 Å². The lowest BCUT2D eigenvalue weighted by atomic mass is 9.97. The molecule has 2 atom stereocenters. The first-order valence-corrected chi connectivity index (χ1v) is 8.45. The Morgan fingerprint density at radius 3 is 2.42 bits per heavy atom. The van der Waals surface area contributed by atoms with E-state index in [0.29, 0.717) is 28.8 Å². The number of nitrogens with zero attached hydrogens (tertiary/aromatic N) is 2. The number of nitrogens with one attached hydrogen (secondary N) is 1. The van der Waals surface area contributed by atoms with Crippen LogP contribution in [0.5, 0.6) is 0 Å². The molecule has 0 saturated carbocycles. The van der Waals surface area contributed by atoms with Gasteiger partial charge in [-0.1, -0.05) is 0 Å². The van der Waals surface area contributed by atoms with Gasteiger partial charge in [0.15, 0.2) is 0 Å². The third kappa shape index (κ3) is 2.24. The molecule has 3 heterocycles. The van der Waals surface area contributed by atoms with E-state index in [0.717, 1.165) is 17.7 Å². The maximum atomic E-state index is 12.8. The van der Waals surface area contributed by atoms with E-state index in [9.17, 15) is 14.4 Å². The van der Waals surface area contributed by atoms with Crippen molar-refractivity contribution in [1.82, 2.24) is 15.1 Å². The fourth-order valence-corrected chi connectivity index (χ4v) is 4.21. The predicted octanol–water partition coefficient (Wildman–Crippen LogP) is 1.27. The van der Waals surface area contributed by atoms with E-state index in [2.05, 4.69) is 5.32 Å². The molecule has 2 fully saturated rings. The molecule has 3 aliphatic rings. The quantitative estimate of drug-likeness (QED) is 0.831. The van der Waals surface area contributed by atoms with Crippen LogP contribution < -0.4 is 5.32 Å². The molecule has 126 valence electrons. The molecule has 0 aliphatic carbocycles. The fourth-order valence-electron chi connectivity index (χ4n) is 4.21. The van der Waals surface area contributed by atoms with Gasteiger partial charge in [-0.3, -0.25) is 19.3 Å². The number of fused-ring (bicyclic) bond motifs is 3. The highest BCUT2D eigenvalue weighted by Gasteiger charge is 2.37. The molecule has 2 bridgehead atoms. The Labute approximate surface area is 140 Å². The summed E-state index contributed by atoms with van der Waals surface area (Å²) >= 11 is 0. The van der Waals surface area contributed by atoms with Crippen molar-refractivity contribution in [2.75, 3.05) is 14.1 Å². The maximum Gasteiger partial charge on any atom is 0.261 e. The van der Waals surface area contributed by atoms with E-state index in [4.69, 9.17) is 0 Å². The molecule has 0 radical (unpaired) electrons. The highest BCUT2D eigenvalue weighted by Crippen LogP contribution is 2.30. The number of benzene rings is 1. The van der Waals surface area contributed by atoms with Crippen molar-refractivity contribution >= 4 is 17.7 Å². The van der Waals surface area contributed by atoms with Crippen molar-refractivity contribution in [2.45, 2.75) is 43.8 Å². The van der Waals surface area contributed by atoms with Crippen molar-refractivity contribution < 1.29 is 14.4 Å². The highest BCUT2D eigenvalue weighted by molar-refractivity contribution is 6.21. The number of rotatable bonds is 2. The normalized spacial score (nSPS) is 28.2. The third-order valence-corrected chi connectivity index (χ3v) is 5.65. The number of amides is 3. The van der Waals surface area contributed by atoms with Crippen LogP contribution in [0, 0.1) is 0 Å². The molecule has 6 nitrogen and oxygen atoms in total. The number of hydrogen-bond acceptors (Lipinski definition) is 4. The minimum absolute atomic E-state index is 0.0843. The minimum Gasteiger partial charge on any atom is -0.339 e. The lowest BCUT2D eigenvalue weighted by molar-refractivity contribution is 0.0677. The molecule has 0 aromatic heterocycles. The molecule has 24 heavy (non-hydrogen) atoms. The van der Waals surface area contributed by atoms with Crippen molar-refractivity contribution in [1.29, 1.82) is 0 Å². The van der Waals surface area contributed by atoms with E-state index in [-0.39, 0.29) is 23.8 Å². The van der Waals surface area contributed by atoms with Gasteiger partial charge < -0.3 is 10.2 Å². The van der Waals surface area contributed by atoms with Gasteiger partial charge in [0, 0.05) is 37.8 Å². The summed E-state index contributed by atoms with van der Waals surface area (Å²) in [4.78, 5) is 39.8. The van der Waals surface area contributed by atoms with Crippen LogP contribution in [0.3, 0.4) is 0 Å². The van der Waals surface area contributed by atoms with Crippen LogP contribution in [0.2, 0.25) is 0 Å². The van der Waals surface area contributed by atoms with Crippen LogP contribution in [0.15, 0.2) is 18.2 Å². The average Bonchev–Trinajstić information content (AvgIpc) is 3.05. The molecule has 1 N–H and O–H groups in total. The van der Waals surface area contributed by atoms with Crippen molar-refractivity contribution in [3.05, 3.63) is 34.9 Å². The van der Waals surface area contributed by atoms with Crippen molar-refractivity contribution in [2.24, 2.45) is 0 Å². The van der Waals surface area contributed by atoms with Crippen LogP contribution in [0.1, 0.15) is 56.8 Å². The first-order valence-electron chi connectivity index (χ1n) is 8.45. The summed E-state index contributed by atoms with van der Waals surface area (Å²) in [6, 6.07) is 6.05. The second-order valence-electron chi connectivity index (χ2n) is 7.11. The minimum atomic E-state index is -0.341. The van der Waals surface area contributed by atoms with E-state index in [1.165, 1.54) is 19.9 Å². The second-order valence-corrected chi connectivity index (χ2v) is 7.11. The Kier molecular flexibility index (Phi) is 3.46. The average molecular weight is 327 g/mol. The SMILES string of the molecule is CN1C(=O)c2ccc(C(=O)N(C)C3CC4CCC(C3)N4)cc2C1=O. The summed E-state index contributed by atoms with van der Waals surface area (Å²) < 4.78 is 0. The predicted molar refractivity (Wildman–Crippen MR) is 87.9 cm³/mol. The van der Waals surface area contributed by atoms with Gasteiger partial charge in [0.1, 0.15) is 0 Å². The van der Waals surface area contributed by atoms with Crippen LogP contribution >= 0.6 is 0 Å². The molecule has 3 aliphatic heterocycles. The molecule has 2 saturated heterocycles.